The number of rotatable bonds is 4. The van der Waals surface area contributed by atoms with Gasteiger partial charge in [0.1, 0.15) is 0 Å². The fourth-order valence-electron chi connectivity index (χ4n) is 0.967. The van der Waals surface area contributed by atoms with Gasteiger partial charge in [0.2, 0.25) is 0 Å². The first-order valence-corrected chi connectivity index (χ1v) is 4.62. The molecule has 3 heteroatoms. The van der Waals surface area contributed by atoms with Crippen molar-refractivity contribution in [3.8, 4) is 0 Å². The third kappa shape index (κ3) is 4.65. The summed E-state index contributed by atoms with van der Waals surface area (Å²) in [5, 5.41) is 8.92. The van der Waals surface area contributed by atoms with Crippen LogP contribution in [0, 0.1) is 11.3 Å². The average molecular weight is 185 g/mol. The van der Waals surface area contributed by atoms with Crippen molar-refractivity contribution in [2.24, 2.45) is 16.3 Å². The van der Waals surface area contributed by atoms with Gasteiger partial charge in [-0.3, -0.25) is 9.79 Å². The first kappa shape index (κ1) is 12.1. The molecule has 0 fully saturated rings. The summed E-state index contributed by atoms with van der Waals surface area (Å²) < 4.78 is 0. The Morgan fingerprint density at radius 2 is 2.08 bits per heavy atom. The van der Waals surface area contributed by atoms with Gasteiger partial charge in [-0.25, -0.2) is 0 Å². The number of nitrogens with zero attached hydrogens (tertiary/aromatic N) is 1. The van der Waals surface area contributed by atoms with Crippen LogP contribution in [0.4, 0.5) is 0 Å². The van der Waals surface area contributed by atoms with Crippen LogP contribution < -0.4 is 0 Å². The van der Waals surface area contributed by atoms with Crippen LogP contribution in [-0.4, -0.2) is 23.8 Å². The molecule has 0 spiro atoms. The van der Waals surface area contributed by atoms with Gasteiger partial charge in [0, 0.05) is 12.8 Å². The maximum absolute atomic E-state index is 10.8. The fourth-order valence-corrected chi connectivity index (χ4v) is 0.967. The highest BCUT2D eigenvalue weighted by Crippen LogP contribution is 2.24. The van der Waals surface area contributed by atoms with Crippen LogP contribution in [0.3, 0.4) is 0 Å². The number of aliphatic carboxylic acids is 1. The van der Waals surface area contributed by atoms with Crippen molar-refractivity contribution in [1.82, 2.24) is 0 Å². The Morgan fingerprint density at radius 3 is 2.38 bits per heavy atom. The van der Waals surface area contributed by atoms with Crippen LogP contribution in [0.2, 0.25) is 0 Å². The molecule has 0 aliphatic rings. The monoisotopic (exact) mass is 185 g/mol. The second kappa shape index (κ2) is 5.00. The summed E-state index contributed by atoms with van der Waals surface area (Å²) in [5.41, 5.74) is -0.261. The van der Waals surface area contributed by atoms with Gasteiger partial charge in [-0.15, -0.1) is 0 Å². The van der Waals surface area contributed by atoms with Gasteiger partial charge in [-0.2, -0.15) is 0 Å². The van der Waals surface area contributed by atoms with Crippen molar-refractivity contribution >= 4 is 12.2 Å². The maximum atomic E-state index is 10.8. The number of hydrogen-bond donors (Lipinski definition) is 1. The Hall–Kier alpha value is -0.860. The predicted octanol–water partition coefficient (Wildman–Crippen LogP) is 2.21. The zero-order valence-electron chi connectivity index (χ0n) is 8.87. The minimum absolute atomic E-state index is 0.261. The zero-order chi connectivity index (χ0) is 10.5. The summed E-state index contributed by atoms with van der Waals surface area (Å²) in [4.78, 5) is 14.9. The first-order valence-electron chi connectivity index (χ1n) is 4.62. The van der Waals surface area contributed by atoms with E-state index in [9.17, 15) is 4.79 Å². The smallest absolute Gasteiger partial charge is 0.312 e. The summed E-state index contributed by atoms with van der Waals surface area (Å²) in [6.07, 6.45) is 2.51. The van der Waals surface area contributed by atoms with Crippen molar-refractivity contribution in [2.75, 3.05) is 6.54 Å². The second-order valence-electron chi connectivity index (χ2n) is 4.24. The second-order valence-corrected chi connectivity index (χ2v) is 4.24. The fraction of sp³-hybridized carbons (Fsp3) is 0.800. The third-order valence-corrected chi connectivity index (χ3v) is 1.81. The van der Waals surface area contributed by atoms with Crippen molar-refractivity contribution in [1.29, 1.82) is 0 Å². The maximum Gasteiger partial charge on any atom is 0.312 e. The molecule has 0 saturated heterocycles. The van der Waals surface area contributed by atoms with E-state index in [0.29, 0.717) is 6.54 Å². The first-order chi connectivity index (χ1) is 5.89. The zero-order valence-corrected chi connectivity index (χ0v) is 8.87. The molecule has 0 aromatic heterocycles. The lowest BCUT2D eigenvalue weighted by Gasteiger charge is -2.23. The van der Waals surface area contributed by atoms with Gasteiger partial charge in [0.05, 0.1) is 5.92 Å². The van der Waals surface area contributed by atoms with Gasteiger partial charge < -0.3 is 5.11 Å². The van der Waals surface area contributed by atoms with E-state index in [0.717, 1.165) is 6.42 Å². The highest BCUT2D eigenvalue weighted by Gasteiger charge is 2.29. The molecule has 0 amide bonds. The van der Waals surface area contributed by atoms with Gasteiger partial charge >= 0.3 is 5.97 Å². The van der Waals surface area contributed by atoms with E-state index in [2.05, 4.69) is 4.99 Å². The Bertz CT molecular complexity index is 192. The minimum Gasteiger partial charge on any atom is -0.481 e. The number of carbonyl (C=O) groups is 1. The third-order valence-electron chi connectivity index (χ3n) is 1.81. The summed E-state index contributed by atoms with van der Waals surface area (Å²) in [6, 6.07) is 0. The molecule has 0 rings (SSSR count). The van der Waals surface area contributed by atoms with Crippen molar-refractivity contribution in [3.05, 3.63) is 0 Å². The molecule has 0 aromatic rings. The molecule has 0 radical (unpaired) electrons. The Balaban J connectivity index is 4.36. The van der Waals surface area contributed by atoms with Crippen LogP contribution in [-0.2, 0) is 4.79 Å². The summed E-state index contributed by atoms with van der Waals surface area (Å²) >= 11 is 0. The lowest BCUT2D eigenvalue weighted by Crippen LogP contribution is -2.29. The van der Waals surface area contributed by atoms with Crippen molar-refractivity contribution in [2.45, 2.75) is 34.1 Å². The minimum atomic E-state index is -0.799. The van der Waals surface area contributed by atoms with E-state index in [-0.39, 0.29) is 5.41 Å². The highest BCUT2D eigenvalue weighted by atomic mass is 16.4. The van der Waals surface area contributed by atoms with E-state index in [1.165, 1.54) is 0 Å². The molecular weight excluding hydrogens is 166 g/mol. The molecule has 3 nitrogen and oxygen atoms in total. The molecule has 0 saturated carbocycles. The highest BCUT2D eigenvalue weighted by molar-refractivity contribution is 5.89. The molecule has 1 atom stereocenters. The molecule has 13 heavy (non-hydrogen) atoms. The predicted molar refractivity (Wildman–Crippen MR) is 54.2 cm³/mol. The number of carboxylic acids is 1. The van der Waals surface area contributed by atoms with E-state index < -0.39 is 11.9 Å². The van der Waals surface area contributed by atoms with Gasteiger partial charge in [-0.1, -0.05) is 27.7 Å². The van der Waals surface area contributed by atoms with Crippen LogP contribution in [0.25, 0.3) is 0 Å². The summed E-state index contributed by atoms with van der Waals surface area (Å²) in [6.45, 7) is 8.45. The van der Waals surface area contributed by atoms with Gasteiger partial charge in [-0.05, 0) is 11.8 Å². The van der Waals surface area contributed by atoms with E-state index >= 15 is 0 Å². The van der Waals surface area contributed by atoms with Crippen LogP contribution >= 0.6 is 0 Å². The van der Waals surface area contributed by atoms with Gasteiger partial charge in [0.15, 0.2) is 0 Å². The molecule has 0 heterocycles. The van der Waals surface area contributed by atoms with Crippen LogP contribution in [0.5, 0.6) is 0 Å². The SMILES string of the molecule is CCCN=CC(C(=O)O)C(C)(C)C. The topological polar surface area (TPSA) is 49.7 Å². The molecule has 0 aliphatic heterocycles. The van der Waals surface area contributed by atoms with Crippen molar-refractivity contribution < 1.29 is 9.90 Å². The van der Waals surface area contributed by atoms with E-state index in [1.807, 2.05) is 27.7 Å². The van der Waals surface area contributed by atoms with E-state index in [1.54, 1.807) is 6.21 Å². The largest absolute Gasteiger partial charge is 0.481 e. The Kier molecular flexibility index (Phi) is 4.67. The molecule has 0 aromatic carbocycles. The Labute approximate surface area is 79.9 Å². The average Bonchev–Trinajstić information content (AvgIpc) is 1.94. The number of carboxylic acid groups (broad SMARTS) is 1. The van der Waals surface area contributed by atoms with E-state index in [4.69, 9.17) is 5.11 Å². The van der Waals surface area contributed by atoms with Crippen LogP contribution in [0.1, 0.15) is 34.1 Å². The van der Waals surface area contributed by atoms with Crippen LogP contribution in [0.15, 0.2) is 4.99 Å². The van der Waals surface area contributed by atoms with Gasteiger partial charge in [0.25, 0.3) is 0 Å². The quantitative estimate of drug-likeness (QED) is 0.683. The summed E-state index contributed by atoms with van der Waals surface area (Å²) in [5.74, 6) is -1.29. The lowest BCUT2D eigenvalue weighted by atomic mass is 9.81. The molecule has 0 aliphatic carbocycles. The molecule has 1 N–H and O–H groups in total. The molecule has 1 unspecified atom stereocenters. The Morgan fingerprint density at radius 1 is 1.54 bits per heavy atom. The normalized spacial score (nSPS) is 14.8. The molecule has 0 bridgehead atoms. The number of hydrogen-bond acceptors (Lipinski definition) is 2. The molecule has 76 valence electrons. The lowest BCUT2D eigenvalue weighted by molar-refractivity contribution is -0.141. The standard InChI is InChI=1S/C10H19NO2/c1-5-6-11-7-8(9(12)13)10(2,3)4/h7-8H,5-6H2,1-4H3,(H,12,13). The summed E-state index contributed by atoms with van der Waals surface area (Å²) in [7, 11) is 0. The van der Waals surface area contributed by atoms with Crippen molar-refractivity contribution in [3.63, 3.8) is 0 Å². The number of aliphatic imine (C=N–C) groups is 1. The molecular formula is C10H19NO2.